The van der Waals surface area contributed by atoms with Gasteiger partial charge in [0, 0.05) is 10.9 Å². The SMILES string of the molecule is N#Cc1ccc(-c2csc(N3C(=O)OCC3CF)n2)cc1. The first-order valence-electron chi connectivity index (χ1n) is 6.21. The van der Waals surface area contributed by atoms with E-state index in [9.17, 15) is 9.18 Å². The number of ether oxygens (including phenoxy) is 1. The van der Waals surface area contributed by atoms with Crippen LogP contribution in [0.4, 0.5) is 14.3 Å². The molecule has 0 spiro atoms. The number of hydrogen-bond acceptors (Lipinski definition) is 5. The number of nitrogens with zero attached hydrogens (tertiary/aromatic N) is 3. The van der Waals surface area contributed by atoms with Crippen LogP contribution in [0.15, 0.2) is 29.6 Å². The number of rotatable bonds is 3. The maximum absolute atomic E-state index is 12.9. The van der Waals surface area contributed by atoms with E-state index in [1.165, 1.54) is 16.2 Å². The molecule has 0 bridgehead atoms. The van der Waals surface area contributed by atoms with Gasteiger partial charge in [-0.25, -0.2) is 19.1 Å². The van der Waals surface area contributed by atoms with Crippen LogP contribution in [0, 0.1) is 11.3 Å². The summed E-state index contributed by atoms with van der Waals surface area (Å²) in [5, 5.41) is 11.0. The Balaban J connectivity index is 1.89. The van der Waals surface area contributed by atoms with Crippen molar-refractivity contribution in [2.24, 2.45) is 0 Å². The summed E-state index contributed by atoms with van der Waals surface area (Å²) in [6.45, 7) is -0.626. The second kappa shape index (κ2) is 5.50. The normalized spacial score (nSPS) is 17.6. The topological polar surface area (TPSA) is 66.2 Å². The number of aromatic nitrogens is 1. The Labute approximate surface area is 124 Å². The van der Waals surface area contributed by atoms with Gasteiger partial charge >= 0.3 is 6.09 Å². The zero-order valence-electron chi connectivity index (χ0n) is 10.8. The Morgan fingerprint density at radius 1 is 1.48 bits per heavy atom. The number of hydrogen-bond donors (Lipinski definition) is 0. The highest BCUT2D eigenvalue weighted by Gasteiger charge is 2.36. The quantitative estimate of drug-likeness (QED) is 0.874. The Morgan fingerprint density at radius 2 is 2.24 bits per heavy atom. The van der Waals surface area contributed by atoms with Gasteiger partial charge in [0.25, 0.3) is 0 Å². The minimum Gasteiger partial charge on any atom is -0.447 e. The van der Waals surface area contributed by atoms with Crippen molar-refractivity contribution in [1.29, 1.82) is 5.26 Å². The van der Waals surface area contributed by atoms with Gasteiger partial charge in [-0.15, -0.1) is 11.3 Å². The molecule has 5 nitrogen and oxygen atoms in total. The Hall–Kier alpha value is -2.46. The lowest BCUT2D eigenvalue weighted by atomic mass is 10.1. The molecule has 1 fully saturated rings. The Kier molecular flexibility index (Phi) is 3.54. The molecule has 1 saturated heterocycles. The summed E-state index contributed by atoms with van der Waals surface area (Å²) in [4.78, 5) is 17.2. The fourth-order valence-corrected chi connectivity index (χ4v) is 2.93. The summed E-state index contributed by atoms with van der Waals surface area (Å²) in [5.74, 6) is 0. The molecule has 1 aromatic heterocycles. The van der Waals surface area contributed by atoms with E-state index in [0.717, 1.165) is 5.56 Å². The van der Waals surface area contributed by atoms with Gasteiger partial charge in [0.1, 0.15) is 19.3 Å². The standard InChI is InChI=1S/C14H10FN3O2S/c15-5-11-7-20-14(19)18(11)13-17-12(8-21-13)10-3-1-9(6-16)2-4-10/h1-4,8,11H,5,7H2. The molecular weight excluding hydrogens is 293 g/mol. The molecule has 21 heavy (non-hydrogen) atoms. The smallest absolute Gasteiger partial charge is 0.416 e. The maximum atomic E-state index is 12.9. The van der Waals surface area contributed by atoms with Crippen molar-refractivity contribution in [2.75, 3.05) is 18.2 Å². The molecule has 3 rings (SSSR count). The van der Waals surface area contributed by atoms with Gasteiger partial charge in [-0.2, -0.15) is 5.26 Å². The zero-order chi connectivity index (χ0) is 14.8. The lowest BCUT2D eigenvalue weighted by molar-refractivity contribution is 0.177. The second-order valence-electron chi connectivity index (χ2n) is 4.46. The number of alkyl halides is 1. The van der Waals surface area contributed by atoms with Crippen LogP contribution in [0.2, 0.25) is 0 Å². The van der Waals surface area contributed by atoms with Crippen LogP contribution in [0.5, 0.6) is 0 Å². The van der Waals surface area contributed by atoms with E-state index < -0.39 is 18.8 Å². The summed E-state index contributed by atoms with van der Waals surface area (Å²) in [7, 11) is 0. The van der Waals surface area contributed by atoms with Gasteiger partial charge in [0.05, 0.1) is 17.3 Å². The third-order valence-corrected chi connectivity index (χ3v) is 3.99. The van der Waals surface area contributed by atoms with Crippen LogP contribution < -0.4 is 4.90 Å². The highest BCUT2D eigenvalue weighted by atomic mass is 32.1. The first-order valence-corrected chi connectivity index (χ1v) is 7.09. The summed E-state index contributed by atoms with van der Waals surface area (Å²) in [6, 6.07) is 8.40. The minimum atomic E-state index is -0.669. The summed E-state index contributed by atoms with van der Waals surface area (Å²) < 4.78 is 17.7. The molecule has 1 aliphatic rings. The van der Waals surface area contributed by atoms with Gasteiger partial charge < -0.3 is 4.74 Å². The van der Waals surface area contributed by atoms with E-state index in [0.29, 0.717) is 16.4 Å². The molecule has 0 N–H and O–H groups in total. The highest BCUT2D eigenvalue weighted by molar-refractivity contribution is 7.14. The number of benzene rings is 1. The van der Waals surface area contributed by atoms with Crippen LogP contribution in [0.25, 0.3) is 11.3 Å². The van der Waals surface area contributed by atoms with Crippen LogP contribution in [0.3, 0.4) is 0 Å². The number of thiazole rings is 1. The predicted octanol–water partition coefficient (Wildman–Crippen LogP) is 2.98. The van der Waals surface area contributed by atoms with Crippen molar-refractivity contribution in [2.45, 2.75) is 6.04 Å². The van der Waals surface area contributed by atoms with Crippen LogP contribution in [-0.4, -0.2) is 30.4 Å². The Morgan fingerprint density at radius 3 is 2.90 bits per heavy atom. The maximum Gasteiger partial charge on any atom is 0.416 e. The van der Waals surface area contributed by atoms with E-state index in [1.54, 1.807) is 29.6 Å². The third-order valence-electron chi connectivity index (χ3n) is 3.15. The fourth-order valence-electron chi connectivity index (χ4n) is 2.03. The molecule has 2 aromatic rings. The van der Waals surface area contributed by atoms with Gasteiger partial charge in [-0.1, -0.05) is 12.1 Å². The lowest BCUT2D eigenvalue weighted by Gasteiger charge is -2.14. The number of carbonyl (C=O) groups is 1. The Bertz CT molecular complexity index is 708. The van der Waals surface area contributed by atoms with Gasteiger partial charge in [-0.3, -0.25) is 0 Å². The molecule has 1 amide bonds. The molecule has 1 aliphatic heterocycles. The number of anilines is 1. The van der Waals surface area contributed by atoms with Crippen molar-refractivity contribution in [3.63, 3.8) is 0 Å². The van der Waals surface area contributed by atoms with Crippen molar-refractivity contribution >= 4 is 22.6 Å². The second-order valence-corrected chi connectivity index (χ2v) is 5.30. The largest absolute Gasteiger partial charge is 0.447 e. The first kappa shape index (κ1) is 13.5. The summed E-state index contributed by atoms with van der Waals surface area (Å²) >= 11 is 1.26. The number of carbonyl (C=O) groups excluding carboxylic acids is 1. The molecule has 0 aliphatic carbocycles. The molecule has 2 heterocycles. The molecule has 1 unspecified atom stereocenters. The molecule has 7 heteroatoms. The van der Waals surface area contributed by atoms with E-state index >= 15 is 0 Å². The molecule has 1 atom stereocenters. The average Bonchev–Trinajstić information content (AvgIpc) is 3.13. The number of nitriles is 1. The van der Waals surface area contributed by atoms with Gasteiger partial charge in [0.2, 0.25) is 0 Å². The fraction of sp³-hybridized carbons (Fsp3) is 0.214. The van der Waals surface area contributed by atoms with Crippen LogP contribution in [-0.2, 0) is 4.74 Å². The van der Waals surface area contributed by atoms with Crippen molar-refractivity contribution < 1.29 is 13.9 Å². The van der Waals surface area contributed by atoms with Crippen molar-refractivity contribution in [3.05, 3.63) is 35.2 Å². The minimum absolute atomic E-state index is 0.0428. The molecule has 106 valence electrons. The zero-order valence-corrected chi connectivity index (χ0v) is 11.6. The lowest BCUT2D eigenvalue weighted by Crippen LogP contribution is -2.34. The number of amides is 1. The van der Waals surface area contributed by atoms with Crippen LogP contribution >= 0.6 is 11.3 Å². The van der Waals surface area contributed by atoms with Crippen LogP contribution in [0.1, 0.15) is 5.56 Å². The monoisotopic (exact) mass is 303 g/mol. The van der Waals surface area contributed by atoms with Gasteiger partial charge in [0.15, 0.2) is 5.13 Å². The average molecular weight is 303 g/mol. The first-order chi connectivity index (χ1) is 10.2. The van der Waals surface area contributed by atoms with E-state index in [4.69, 9.17) is 10.00 Å². The summed E-state index contributed by atoms with van der Waals surface area (Å²) in [5.41, 5.74) is 2.08. The third kappa shape index (κ3) is 2.45. The molecule has 1 aromatic carbocycles. The number of halogens is 1. The van der Waals surface area contributed by atoms with Crippen molar-refractivity contribution in [1.82, 2.24) is 4.98 Å². The molecule has 0 saturated carbocycles. The molecule has 0 radical (unpaired) electrons. The number of cyclic esters (lactones) is 1. The van der Waals surface area contributed by atoms with E-state index in [1.807, 2.05) is 6.07 Å². The highest BCUT2D eigenvalue weighted by Crippen LogP contribution is 2.31. The van der Waals surface area contributed by atoms with E-state index in [2.05, 4.69) is 4.98 Å². The summed E-state index contributed by atoms with van der Waals surface area (Å²) in [6.07, 6.45) is -0.571. The van der Waals surface area contributed by atoms with Crippen molar-refractivity contribution in [3.8, 4) is 17.3 Å². The van der Waals surface area contributed by atoms with E-state index in [-0.39, 0.29) is 6.61 Å². The molecular formula is C14H10FN3O2S. The van der Waals surface area contributed by atoms with Gasteiger partial charge in [-0.05, 0) is 12.1 Å². The predicted molar refractivity (Wildman–Crippen MR) is 75.9 cm³/mol.